The van der Waals surface area contributed by atoms with Gasteiger partial charge in [0.25, 0.3) is 0 Å². The SMILES string of the molecule is Cc1sc2nc(-c3ccc(C(C)(C)C)cc3)c(CCN)n2c1C. The molecule has 0 aliphatic carbocycles. The van der Waals surface area contributed by atoms with Crippen LogP contribution in [0.1, 0.15) is 42.6 Å². The Kier molecular flexibility index (Phi) is 4.07. The van der Waals surface area contributed by atoms with Crippen molar-refractivity contribution in [3.05, 3.63) is 46.1 Å². The fraction of sp³-hybridized carbons (Fsp3) is 0.421. The standard InChI is InChI=1S/C19H25N3S/c1-12-13(2)23-18-21-17(16(10-11-20)22(12)18)14-6-8-15(9-7-14)19(3,4)5/h6-9H,10-11,20H2,1-5H3. The molecule has 0 saturated carbocycles. The van der Waals surface area contributed by atoms with Crippen LogP contribution in [0.2, 0.25) is 0 Å². The monoisotopic (exact) mass is 327 g/mol. The molecule has 2 aromatic heterocycles. The molecule has 122 valence electrons. The third kappa shape index (κ3) is 2.81. The second kappa shape index (κ2) is 5.77. The number of nitrogens with zero attached hydrogens (tertiary/aromatic N) is 2. The zero-order valence-electron chi connectivity index (χ0n) is 14.6. The van der Waals surface area contributed by atoms with E-state index in [0.29, 0.717) is 6.54 Å². The van der Waals surface area contributed by atoms with Crippen LogP contribution in [0.25, 0.3) is 16.2 Å². The van der Waals surface area contributed by atoms with Crippen LogP contribution in [0.4, 0.5) is 0 Å². The van der Waals surface area contributed by atoms with Crippen molar-refractivity contribution in [1.82, 2.24) is 9.38 Å². The molecular weight excluding hydrogens is 302 g/mol. The molecule has 0 aliphatic heterocycles. The minimum absolute atomic E-state index is 0.168. The van der Waals surface area contributed by atoms with E-state index in [-0.39, 0.29) is 5.41 Å². The van der Waals surface area contributed by atoms with Crippen LogP contribution >= 0.6 is 11.3 Å². The third-order valence-corrected chi connectivity index (χ3v) is 5.49. The first-order valence-electron chi connectivity index (χ1n) is 8.11. The van der Waals surface area contributed by atoms with Crippen LogP contribution in [-0.2, 0) is 11.8 Å². The number of rotatable bonds is 3. The highest BCUT2D eigenvalue weighted by molar-refractivity contribution is 7.17. The number of fused-ring (bicyclic) bond motifs is 1. The van der Waals surface area contributed by atoms with Crippen molar-refractivity contribution in [3.63, 3.8) is 0 Å². The summed E-state index contributed by atoms with van der Waals surface area (Å²) in [7, 11) is 0. The number of aromatic nitrogens is 2. The van der Waals surface area contributed by atoms with Crippen molar-refractivity contribution in [3.8, 4) is 11.3 Å². The highest BCUT2D eigenvalue weighted by Gasteiger charge is 2.19. The number of nitrogens with two attached hydrogens (primary N) is 1. The number of benzene rings is 1. The van der Waals surface area contributed by atoms with E-state index in [0.717, 1.165) is 17.1 Å². The maximum absolute atomic E-state index is 5.86. The molecule has 4 heteroatoms. The smallest absolute Gasteiger partial charge is 0.194 e. The first-order valence-corrected chi connectivity index (χ1v) is 8.93. The summed E-state index contributed by atoms with van der Waals surface area (Å²) < 4.78 is 2.28. The number of hydrogen-bond acceptors (Lipinski definition) is 3. The maximum Gasteiger partial charge on any atom is 0.194 e. The van der Waals surface area contributed by atoms with Crippen molar-refractivity contribution in [1.29, 1.82) is 0 Å². The highest BCUT2D eigenvalue weighted by Crippen LogP contribution is 2.32. The molecule has 0 atom stereocenters. The molecule has 3 aromatic rings. The van der Waals surface area contributed by atoms with Crippen LogP contribution in [0, 0.1) is 13.8 Å². The largest absolute Gasteiger partial charge is 0.330 e. The summed E-state index contributed by atoms with van der Waals surface area (Å²) in [4.78, 5) is 7.29. The van der Waals surface area contributed by atoms with E-state index in [2.05, 4.69) is 63.3 Å². The van der Waals surface area contributed by atoms with Gasteiger partial charge in [0.1, 0.15) is 0 Å². The average Bonchev–Trinajstić information content (AvgIpc) is 2.97. The fourth-order valence-electron chi connectivity index (χ4n) is 2.94. The van der Waals surface area contributed by atoms with Gasteiger partial charge in [-0.05, 0) is 31.4 Å². The van der Waals surface area contributed by atoms with E-state index in [1.54, 1.807) is 11.3 Å². The van der Waals surface area contributed by atoms with Gasteiger partial charge in [-0.15, -0.1) is 11.3 Å². The maximum atomic E-state index is 5.86. The Hall–Kier alpha value is -1.65. The summed E-state index contributed by atoms with van der Waals surface area (Å²) >= 11 is 1.75. The van der Waals surface area contributed by atoms with E-state index in [1.165, 1.54) is 27.4 Å². The first kappa shape index (κ1) is 16.2. The van der Waals surface area contributed by atoms with Gasteiger partial charge in [0.15, 0.2) is 4.96 Å². The summed E-state index contributed by atoms with van der Waals surface area (Å²) in [6.07, 6.45) is 0.842. The van der Waals surface area contributed by atoms with Crippen molar-refractivity contribution >= 4 is 16.3 Å². The number of imidazole rings is 1. The van der Waals surface area contributed by atoms with Crippen LogP contribution in [0.5, 0.6) is 0 Å². The molecule has 0 amide bonds. The van der Waals surface area contributed by atoms with Crippen LogP contribution in [-0.4, -0.2) is 15.9 Å². The lowest BCUT2D eigenvalue weighted by atomic mass is 9.86. The van der Waals surface area contributed by atoms with E-state index in [1.807, 2.05) is 0 Å². The Morgan fingerprint density at radius 3 is 2.35 bits per heavy atom. The van der Waals surface area contributed by atoms with Gasteiger partial charge in [0.2, 0.25) is 0 Å². The van der Waals surface area contributed by atoms with Crippen molar-refractivity contribution in [2.75, 3.05) is 6.54 Å². The molecule has 23 heavy (non-hydrogen) atoms. The van der Waals surface area contributed by atoms with Gasteiger partial charge in [-0.2, -0.15) is 0 Å². The second-order valence-corrected chi connectivity index (χ2v) is 8.32. The summed E-state index contributed by atoms with van der Waals surface area (Å²) in [5, 5.41) is 0. The molecule has 2 N–H and O–H groups in total. The van der Waals surface area contributed by atoms with E-state index < -0.39 is 0 Å². The van der Waals surface area contributed by atoms with Crippen molar-refractivity contribution in [2.24, 2.45) is 5.73 Å². The first-order chi connectivity index (χ1) is 10.8. The zero-order valence-corrected chi connectivity index (χ0v) is 15.4. The summed E-state index contributed by atoms with van der Waals surface area (Å²) in [6, 6.07) is 8.81. The van der Waals surface area contributed by atoms with Gasteiger partial charge >= 0.3 is 0 Å². The Morgan fingerprint density at radius 1 is 1.13 bits per heavy atom. The van der Waals surface area contributed by atoms with E-state index >= 15 is 0 Å². The minimum Gasteiger partial charge on any atom is -0.330 e. The van der Waals surface area contributed by atoms with Crippen LogP contribution in [0.3, 0.4) is 0 Å². The van der Waals surface area contributed by atoms with Crippen molar-refractivity contribution < 1.29 is 0 Å². The highest BCUT2D eigenvalue weighted by atomic mass is 32.1. The molecular formula is C19H25N3S. The fourth-order valence-corrected chi connectivity index (χ4v) is 3.93. The Bertz CT molecular complexity index is 832. The third-order valence-electron chi connectivity index (χ3n) is 4.44. The quantitative estimate of drug-likeness (QED) is 0.771. The molecule has 0 saturated heterocycles. The van der Waals surface area contributed by atoms with E-state index in [9.17, 15) is 0 Å². The molecule has 0 aliphatic rings. The Balaban J connectivity index is 2.14. The average molecular weight is 327 g/mol. The summed E-state index contributed by atoms with van der Waals surface area (Å²) in [5.41, 5.74) is 12.1. The van der Waals surface area contributed by atoms with E-state index in [4.69, 9.17) is 10.7 Å². The summed E-state index contributed by atoms with van der Waals surface area (Å²) in [5.74, 6) is 0. The molecule has 3 nitrogen and oxygen atoms in total. The molecule has 0 radical (unpaired) electrons. The topological polar surface area (TPSA) is 43.3 Å². The van der Waals surface area contributed by atoms with Gasteiger partial charge in [0.05, 0.1) is 11.4 Å². The number of hydrogen-bond donors (Lipinski definition) is 1. The Labute approximate surface area is 142 Å². The molecule has 1 aromatic carbocycles. The molecule has 3 rings (SSSR count). The molecule has 0 fully saturated rings. The second-order valence-electron chi connectivity index (χ2n) is 7.13. The van der Waals surface area contributed by atoms with Gasteiger partial charge in [0, 0.05) is 22.6 Å². The predicted molar refractivity (Wildman–Crippen MR) is 99.4 cm³/mol. The molecule has 0 bridgehead atoms. The van der Waals surface area contributed by atoms with Crippen molar-refractivity contribution in [2.45, 2.75) is 46.5 Å². The normalized spacial score (nSPS) is 12.3. The number of thiazole rings is 1. The van der Waals surface area contributed by atoms with Gasteiger partial charge in [-0.3, -0.25) is 4.40 Å². The lowest BCUT2D eigenvalue weighted by Gasteiger charge is -2.19. The predicted octanol–water partition coefficient (Wildman–Crippen LogP) is 4.48. The molecule has 0 spiro atoms. The zero-order chi connectivity index (χ0) is 16.8. The lowest BCUT2D eigenvalue weighted by Crippen LogP contribution is -2.10. The molecule has 0 unspecified atom stereocenters. The van der Waals surface area contributed by atoms with Gasteiger partial charge in [-0.25, -0.2) is 4.98 Å². The van der Waals surface area contributed by atoms with Gasteiger partial charge < -0.3 is 5.73 Å². The Morgan fingerprint density at radius 2 is 1.78 bits per heavy atom. The number of aryl methyl sites for hydroxylation is 2. The summed E-state index contributed by atoms with van der Waals surface area (Å²) in [6.45, 7) is 11.7. The van der Waals surface area contributed by atoms with Gasteiger partial charge in [-0.1, -0.05) is 45.0 Å². The van der Waals surface area contributed by atoms with Crippen LogP contribution < -0.4 is 5.73 Å². The molecule has 2 heterocycles. The lowest BCUT2D eigenvalue weighted by molar-refractivity contribution is 0.590. The minimum atomic E-state index is 0.168. The van der Waals surface area contributed by atoms with Crippen LogP contribution in [0.15, 0.2) is 24.3 Å².